The third kappa shape index (κ3) is 5.29. The number of ether oxygens (including phenoxy) is 1. The van der Waals surface area contributed by atoms with Gasteiger partial charge in [-0.1, -0.05) is 13.3 Å². The van der Waals surface area contributed by atoms with Gasteiger partial charge < -0.3 is 20.5 Å². The molecule has 0 fully saturated rings. The van der Waals surface area contributed by atoms with E-state index in [-0.39, 0.29) is 12.3 Å². The molecular weight excluding hydrogens is 279 g/mol. The van der Waals surface area contributed by atoms with E-state index in [4.69, 9.17) is 9.84 Å². The molecule has 0 aromatic heterocycles. The van der Waals surface area contributed by atoms with Crippen LogP contribution in [0.4, 0.5) is 14.9 Å². The zero-order chi connectivity index (χ0) is 15.8. The van der Waals surface area contributed by atoms with E-state index < -0.39 is 23.7 Å². The first-order valence-corrected chi connectivity index (χ1v) is 6.59. The van der Waals surface area contributed by atoms with Crippen LogP contribution >= 0.6 is 0 Å². The summed E-state index contributed by atoms with van der Waals surface area (Å²) in [7, 11) is 1.36. The predicted molar refractivity (Wildman–Crippen MR) is 76.0 cm³/mol. The quantitative estimate of drug-likeness (QED) is 0.721. The highest BCUT2D eigenvalue weighted by Gasteiger charge is 2.17. The van der Waals surface area contributed by atoms with Gasteiger partial charge in [0.1, 0.15) is 11.6 Å². The van der Waals surface area contributed by atoms with Gasteiger partial charge in [-0.05, 0) is 18.6 Å². The van der Waals surface area contributed by atoms with Gasteiger partial charge in [-0.25, -0.2) is 9.18 Å². The molecule has 0 aliphatic heterocycles. The van der Waals surface area contributed by atoms with Gasteiger partial charge in [0.05, 0.1) is 18.7 Å². The summed E-state index contributed by atoms with van der Waals surface area (Å²) in [6.07, 6.45) is 1.20. The van der Waals surface area contributed by atoms with E-state index in [0.29, 0.717) is 18.5 Å². The average molecular weight is 298 g/mol. The monoisotopic (exact) mass is 298 g/mol. The van der Waals surface area contributed by atoms with Crippen molar-refractivity contribution < 1.29 is 23.8 Å². The Hall–Kier alpha value is -2.31. The molecule has 0 saturated carbocycles. The number of benzene rings is 1. The predicted octanol–water partition coefficient (Wildman–Crippen LogP) is 2.46. The number of hydrogen-bond donors (Lipinski definition) is 3. The highest BCUT2D eigenvalue weighted by Crippen LogP contribution is 2.24. The maximum Gasteiger partial charge on any atom is 0.319 e. The zero-order valence-corrected chi connectivity index (χ0v) is 12.0. The molecule has 1 rings (SSSR count). The van der Waals surface area contributed by atoms with Crippen molar-refractivity contribution in [2.24, 2.45) is 5.92 Å². The number of hydrogen-bond acceptors (Lipinski definition) is 3. The lowest BCUT2D eigenvalue weighted by Crippen LogP contribution is -2.35. The largest absolute Gasteiger partial charge is 0.494 e. The number of urea groups is 1. The number of amides is 2. The number of anilines is 1. The SMILES string of the molecule is CCCC(CNC(=O)Nc1ccc(F)cc1OC)C(=O)O. The molecule has 0 bridgehead atoms. The average Bonchev–Trinajstić information content (AvgIpc) is 2.44. The molecule has 1 atom stereocenters. The first-order chi connectivity index (χ1) is 9.97. The lowest BCUT2D eigenvalue weighted by atomic mass is 10.0. The Morgan fingerprint density at radius 1 is 1.43 bits per heavy atom. The molecular formula is C14H19FN2O4. The van der Waals surface area contributed by atoms with E-state index in [0.717, 1.165) is 6.07 Å². The van der Waals surface area contributed by atoms with Crippen LogP contribution in [0.3, 0.4) is 0 Å². The number of rotatable bonds is 7. The van der Waals surface area contributed by atoms with E-state index in [2.05, 4.69) is 10.6 Å². The summed E-state index contributed by atoms with van der Waals surface area (Å²) >= 11 is 0. The second-order valence-electron chi connectivity index (χ2n) is 4.50. The third-order valence-corrected chi connectivity index (χ3v) is 2.91. The van der Waals surface area contributed by atoms with Gasteiger partial charge >= 0.3 is 12.0 Å². The summed E-state index contributed by atoms with van der Waals surface area (Å²) in [5.74, 6) is -1.87. The summed E-state index contributed by atoms with van der Waals surface area (Å²) in [4.78, 5) is 22.7. The first kappa shape index (κ1) is 16.7. The molecule has 1 aromatic carbocycles. The molecule has 6 nitrogen and oxygen atoms in total. The zero-order valence-electron chi connectivity index (χ0n) is 12.0. The van der Waals surface area contributed by atoms with Crippen LogP contribution in [0.25, 0.3) is 0 Å². The fourth-order valence-electron chi connectivity index (χ4n) is 1.81. The second-order valence-corrected chi connectivity index (χ2v) is 4.50. The minimum absolute atomic E-state index is 0.0263. The van der Waals surface area contributed by atoms with Gasteiger partial charge in [0.15, 0.2) is 0 Å². The number of carboxylic acids is 1. The van der Waals surface area contributed by atoms with Crippen LogP contribution in [0.2, 0.25) is 0 Å². The van der Waals surface area contributed by atoms with Crippen LogP contribution in [-0.2, 0) is 4.79 Å². The van der Waals surface area contributed by atoms with Gasteiger partial charge in [-0.2, -0.15) is 0 Å². The van der Waals surface area contributed by atoms with E-state index >= 15 is 0 Å². The van der Waals surface area contributed by atoms with Crippen molar-refractivity contribution in [3.8, 4) is 5.75 Å². The Morgan fingerprint density at radius 2 is 2.14 bits per heavy atom. The normalized spacial score (nSPS) is 11.6. The van der Waals surface area contributed by atoms with Crippen molar-refractivity contribution in [1.29, 1.82) is 0 Å². The molecule has 116 valence electrons. The molecule has 0 spiro atoms. The Morgan fingerprint density at radius 3 is 2.71 bits per heavy atom. The number of carbonyl (C=O) groups is 2. The fourth-order valence-corrected chi connectivity index (χ4v) is 1.81. The summed E-state index contributed by atoms with van der Waals surface area (Å²) in [6, 6.07) is 3.14. The lowest BCUT2D eigenvalue weighted by Gasteiger charge is -2.14. The Bertz CT molecular complexity index is 508. The highest BCUT2D eigenvalue weighted by molar-refractivity contribution is 5.91. The van der Waals surface area contributed by atoms with Crippen molar-refractivity contribution in [3.05, 3.63) is 24.0 Å². The maximum absolute atomic E-state index is 13.0. The van der Waals surface area contributed by atoms with Crippen molar-refractivity contribution in [2.75, 3.05) is 19.0 Å². The van der Waals surface area contributed by atoms with E-state index in [1.807, 2.05) is 6.92 Å². The topological polar surface area (TPSA) is 87.7 Å². The molecule has 0 aliphatic rings. The number of halogens is 1. The number of methoxy groups -OCH3 is 1. The number of nitrogens with one attached hydrogen (secondary N) is 2. The molecule has 2 amide bonds. The van der Waals surface area contributed by atoms with Crippen LogP contribution < -0.4 is 15.4 Å². The molecule has 0 heterocycles. The minimum Gasteiger partial charge on any atom is -0.494 e. The van der Waals surface area contributed by atoms with Crippen LogP contribution in [0.1, 0.15) is 19.8 Å². The molecule has 0 aliphatic carbocycles. The standard InChI is InChI=1S/C14H19FN2O4/c1-3-4-9(13(18)19)8-16-14(20)17-11-6-5-10(15)7-12(11)21-2/h5-7,9H,3-4,8H2,1-2H3,(H,18,19)(H2,16,17,20). The minimum atomic E-state index is -0.948. The van der Waals surface area contributed by atoms with Crippen LogP contribution in [0.15, 0.2) is 18.2 Å². The Balaban J connectivity index is 2.59. The van der Waals surface area contributed by atoms with Crippen molar-refractivity contribution in [2.45, 2.75) is 19.8 Å². The van der Waals surface area contributed by atoms with Crippen molar-refractivity contribution in [1.82, 2.24) is 5.32 Å². The van der Waals surface area contributed by atoms with Gasteiger partial charge in [0.25, 0.3) is 0 Å². The lowest BCUT2D eigenvalue weighted by molar-refractivity contribution is -0.141. The summed E-state index contributed by atoms with van der Waals surface area (Å²) in [5, 5.41) is 14.0. The molecule has 1 aromatic rings. The van der Waals surface area contributed by atoms with Gasteiger partial charge in [-0.3, -0.25) is 4.79 Å². The van der Waals surface area contributed by atoms with E-state index in [9.17, 15) is 14.0 Å². The molecule has 0 saturated heterocycles. The molecule has 7 heteroatoms. The van der Waals surface area contributed by atoms with Crippen LogP contribution in [0, 0.1) is 11.7 Å². The maximum atomic E-state index is 13.0. The molecule has 3 N–H and O–H groups in total. The highest BCUT2D eigenvalue weighted by atomic mass is 19.1. The van der Waals surface area contributed by atoms with Gasteiger partial charge in [-0.15, -0.1) is 0 Å². The fraction of sp³-hybridized carbons (Fsp3) is 0.429. The number of carbonyl (C=O) groups excluding carboxylic acids is 1. The van der Waals surface area contributed by atoms with Crippen molar-refractivity contribution >= 4 is 17.7 Å². The van der Waals surface area contributed by atoms with Crippen molar-refractivity contribution in [3.63, 3.8) is 0 Å². The van der Waals surface area contributed by atoms with E-state index in [1.54, 1.807) is 0 Å². The van der Waals surface area contributed by atoms with Gasteiger partial charge in [0.2, 0.25) is 0 Å². The third-order valence-electron chi connectivity index (χ3n) is 2.91. The molecule has 0 radical (unpaired) electrons. The smallest absolute Gasteiger partial charge is 0.319 e. The first-order valence-electron chi connectivity index (χ1n) is 6.59. The summed E-state index contributed by atoms with van der Waals surface area (Å²) in [6.45, 7) is 1.90. The number of carboxylic acid groups (broad SMARTS) is 1. The molecule has 1 unspecified atom stereocenters. The summed E-state index contributed by atoms with van der Waals surface area (Å²) < 4.78 is 18.0. The Labute approximate surface area is 122 Å². The van der Waals surface area contributed by atoms with E-state index in [1.165, 1.54) is 19.2 Å². The second kappa shape index (κ2) is 8.08. The Kier molecular flexibility index (Phi) is 6.45. The summed E-state index contributed by atoms with van der Waals surface area (Å²) in [5.41, 5.74) is 0.304. The van der Waals surface area contributed by atoms with Gasteiger partial charge in [0, 0.05) is 12.6 Å². The number of aliphatic carboxylic acids is 1. The van der Waals surface area contributed by atoms with Crippen LogP contribution in [0.5, 0.6) is 5.75 Å². The molecule has 21 heavy (non-hydrogen) atoms. The van der Waals surface area contributed by atoms with Crippen LogP contribution in [-0.4, -0.2) is 30.8 Å².